The molecule has 3 N–H and O–H groups in total. The van der Waals surface area contributed by atoms with E-state index < -0.39 is 0 Å². The van der Waals surface area contributed by atoms with Crippen LogP contribution in [0.15, 0.2) is 0 Å². The first-order valence-electron chi connectivity index (χ1n) is 6.98. The topological polar surface area (TPSA) is 58.4 Å². The second kappa shape index (κ2) is 6.53. The second-order valence-electron chi connectivity index (χ2n) is 6.65. The van der Waals surface area contributed by atoms with Gasteiger partial charge in [-0.1, -0.05) is 20.3 Å². The highest BCUT2D eigenvalue weighted by atomic mass is 16.1. The molecule has 0 aromatic heterocycles. The van der Waals surface area contributed by atoms with Crippen LogP contribution in [0.1, 0.15) is 33.1 Å². The van der Waals surface area contributed by atoms with Crippen molar-refractivity contribution in [2.45, 2.75) is 33.1 Å². The number of nitrogens with one attached hydrogen (secondary N) is 1. The molecule has 1 saturated carbocycles. The van der Waals surface area contributed by atoms with Gasteiger partial charge < -0.3 is 16.0 Å². The molecule has 1 aliphatic rings. The second-order valence-corrected chi connectivity index (χ2v) is 6.65. The summed E-state index contributed by atoms with van der Waals surface area (Å²) in [5.74, 6) is 0.738. The van der Waals surface area contributed by atoms with Crippen LogP contribution in [0.2, 0.25) is 0 Å². The van der Waals surface area contributed by atoms with Crippen molar-refractivity contribution in [3.63, 3.8) is 0 Å². The number of nitrogens with two attached hydrogens (primary N) is 1. The summed E-state index contributed by atoms with van der Waals surface area (Å²) in [5, 5.41) is 3.11. The molecule has 1 aliphatic carbocycles. The Labute approximate surface area is 111 Å². The Morgan fingerprint density at radius 2 is 2.06 bits per heavy atom. The Bertz CT molecular complexity index is 276. The molecular weight excluding hydrogens is 226 g/mol. The van der Waals surface area contributed by atoms with E-state index >= 15 is 0 Å². The number of hydrogen-bond donors (Lipinski definition) is 2. The van der Waals surface area contributed by atoms with Gasteiger partial charge in [-0.2, -0.15) is 0 Å². The molecule has 0 aromatic carbocycles. The van der Waals surface area contributed by atoms with Crippen molar-refractivity contribution in [3.8, 4) is 0 Å². The zero-order chi connectivity index (χ0) is 13.8. The van der Waals surface area contributed by atoms with Crippen molar-refractivity contribution >= 4 is 5.91 Å². The van der Waals surface area contributed by atoms with Crippen molar-refractivity contribution in [3.05, 3.63) is 0 Å². The minimum atomic E-state index is 0.107. The van der Waals surface area contributed by atoms with E-state index in [1.165, 1.54) is 0 Å². The number of nitrogens with zero attached hydrogens (tertiary/aromatic N) is 1. The summed E-state index contributed by atoms with van der Waals surface area (Å²) < 4.78 is 0. The fraction of sp³-hybridized carbons (Fsp3) is 0.929. The predicted molar refractivity (Wildman–Crippen MR) is 75.2 cm³/mol. The Hall–Kier alpha value is -0.610. The number of carbonyl (C=O) groups excluding carboxylic acids is 1. The van der Waals surface area contributed by atoms with Gasteiger partial charge in [0.1, 0.15) is 0 Å². The van der Waals surface area contributed by atoms with Crippen LogP contribution in [-0.2, 0) is 4.79 Å². The van der Waals surface area contributed by atoms with E-state index in [0.717, 1.165) is 32.4 Å². The molecule has 2 atom stereocenters. The maximum Gasteiger partial charge on any atom is 0.223 e. The SMILES string of the molecule is CN(C)CC(C)(C)CNC(=O)[C@@H]1CCC[C@@H]1CN. The van der Waals surface area contributed by atoms with Crippen LogP contribution in [0.5, 0.6) is 0 Å². The largest absolute Gasteiger partial charge is 0.355 e. The molecule has 1 rings (SSSR count). The van der Waals surface area contributed by atoms with Crippen LogP contribution >= 0.6 is 0 Å². The average molecular weight is 255 g/mol. The number of rotatable bonds is 6. The molecule has 0 aliphatic heterocycles. The minimum Gasteiger partial charge on any atom is -0.355 e. The summed E-state index contributed by atoms with van der Waals surface area (Å²) in [6.07, 6.45) is 3.25. The first-order chi connectivity index (χ1) is 8.35. The number of carbonyl (C=O) groups is 1. The minimum absolute atomic E-state index is 0.107. The van der Waals surface area contributed by atoms with E-state index in [0.29, 0.717) is 12.5 Å². The van der Waals surface area contributed by atoms with E-state index in [1.54, 1.807) is 0 Å². The van der Waals surface area contributed by atoms with Gasteiger partial charge in [-0.3, -0.25) is 4.79 Å². The average Bonchev–Trinajstić information content (AvgIpc) is 2.72. The molecule has 0 aromatic rings. The smallest absolute Gasteiger partial charge is 0.223 e. The zero-order valence-electron chi connectivity index (χ0n) is 12.3. The van der Waals surface area contributed by atoms with Gasteiger partial charge in [-0.15, -0.1) is 0 Å². The van der Waals surface area contributed by atoms with Crippen molar-refractivity contribution in [1.29, 1.82) is 0 Å². The Morgan fingerprint density at radius 3 is 2.61 bits per heavy atom. The molecule has 106 valence electrons. The number of hydrogen-bond acceptors (Lipinski definition) is 3. The molecular formula is C14H29N3O. The fourth-order valence-corrected chi connectivity index (χ4v) is 3.03. The third-order valence-corrected chi connectivity index (χ3v) is 3.78. The lowest BCUT2D eigenvalue weighted by molar-refractivity contribution is -0.126. The number of amides is 1. The molecule has 0 bridgehead atoms. The summed E-state index contributed by atoms with van der Waals surface area (Å²) in [6, 6.07) is 0. The van der Waals surface area contributed by atoms with Gasteiger partial charge in [0.2, 0.25) is 5.91 Å². The van der Waals surface area contributed by atoms with Crippen LogP contribution in [0, 0.1) is 17.3 Å². The van der Waals surface area contributed by atoms with Crippen LogP contribution in [0.3, 0.4) is 0 Å². The van der Waals surface area contributed by atoms with Crippen LogP contribution in [0.25, 0.3) is 0 Å². The summed E-state index contributed by atoms with van der Waals surface area (Å²) in [6.45, 7) is 6.71. The fourth-order valence-electron chi connectivity index (χ4n) is 3.03. The molecule has 18 heavy (non-hydrogen) atoms. The van der Waals surface area contributed by atoms with E-state index in [2.05, 4.69) is 38.2 Å². The lowest BCUT2D eigenvalue weighted by Crippen LogP contribution is -2.43. The molecule has 0 saturated heterocycles. The Kier molecular flexibility index (Phi) is 5.60. The highest BCUT2D eigenvalue weighted by molar-refractivity contribution is 5.79. The zero-order valence-corrected chi connectivity index (χ0v) is 12.3. The highest BCUT2D eigenvalue weighted by Crippen LogP contribution is 2.31. The van der Waals surface area contributed by atoms with E-state index in [9.17, 15) is 4.79 Å². The van der Waals surface area contributed by atoms with Crippen LogP contribution < -0.4 is 11.1 Å². The van der Waals surface area contributed by atoms with Gasteiger partial charge in [0, 0.05) is 19.0 Å². The van der Waals surface area contributed by atoms with E-state index in [1.807, 2.05) is 0 Å². The quantitative estimate of drug-likeness (QED) is 0.746. The van der Waals surface area contributed by atoms with Crippen molar-refractivity contribution in [2.75, 3.05) is 33.7 Å². The van der Waals surface area contributed by atoms with Gasteiger partial charge in [0.15, 0.2) is 0 Å². The molecule has 0 spiro atoms. The third-order valence-electron chi connectivity index (χ3n) is 3.78. The predicted octanol–water partition coefficient (Wildman–Crippen LogP) is 1.07. The van der Waals surface area contributed by atoms with Crippen LogP contribution in [-0.4, -0.2) is 44.5 Å². The summed E-state index contributed by atoms with van der Waals surface area (Å²) >= 11 is 0. The third kappa shape index (κ3) is 4.58. The summed E-state index contributed by atoms with van der Waals surface area (Å²) in [4.78, 5) is 14.3. The first-order valence-corrected chi connectivity index (χ1v) is 6.98. The van der Waals surface area contributed by atoms with Crippen molar-refractivity contribution in [2.24, 2.45) is 23.0 Å². The molecule has 4 heteroatoms. The Balaban J connectivity index is 2.41. The van der Waals surface area contributed by atoms with Crippen molar-refractivity contribution in [1.82, 2.24) is 10.2 Å². The van der Waals surface area contributed by atoms with Gasteiger partial charge in [-0.05, 0) is 44.8 Å². The lowest BCUT2D eigenvalue weighted by atomic mass is 9.91. The van der Waals surface area contributed by atoms with Crippen molar-refractivity contribution < 1.29 is 4.79 Å². The van der Waals surface area contributed by atoms with Gasteiger partial charge >= 0.3 is 0 Å². The standard InChI is InChI=1S/C14H29N3O/c1-14(2,10-17(3)4)9-16-13(18)12-7-5-6-11(12)8-15/h11-12H,5-10,15H2,1-4H3,(H,16,18)/t11-,12-/m1/s1. The molecule has 1 fully saturated rings. The van der Waals surface area contributed by atoms with Gasteiger partial charge in [0.05, 0.1) is 0 Å². The maximum absolute atomic E-state index is 12.2. The van der Waals surface area contributed by atoms with E-state index in [-0.39, 0.29) is 17.2 Å². The molecule has 4 nitrogen and oxygen atoms in total. The summed E-state index contributed by atoms with van der Waals surface area (Å²) in [5.41, 5.74) is 5.83. The lowest BCUT2D eigenvalue weighted by Gasteiger charge is -2.29. The Morgan fingerprint density at radius 1 is 1.39 bits per heavy atom. The molecule has 1 amide bonds. The summed E-state index contributed by atoms with van der Waals surface area (Å²) in [7, 11) is 4.12. The van der Waals surface area contributed by atoms with Crippen LogP contribution in [0.4, 0.5) is 0 Å². The van der Waals surface area contributed by atoms with Gasteiger partial charge in [0.25, 0.3) is 0 Å². The highest BCUT2D eigenvalue weighted by Gasteiger charge is 2.32. The first kappa shape index (κ1) is 15.4. The van der Waals surface area contributed by atoms with Gasteiger partial charge in [-0.25, -0.2) is 0 Å². The monoisotopic (exact) mass is 255 g/mol. The van der Waals surface area contributed by atoms with E-state index in [4.69, 9.17) is 5.73 Å². The maximum atomic E-state index is 12.2. The molecule has 0 radical (unpaired) electrons. The molecule has 0 heterocycles. The molecule has 0 unspecified atom stereocenters. The normalized spacial score (nSPS) is 24.6.